The highest BCUT2D eigenvalue weighted by Gasteiger charge is 2.16. The second kappa shape index (κ2) is 22.5. The molecule has 8 rings (SSSR count). The van der Waals surface area contributed by atoms with Crippen molar-refractivity contribution in [3.63, 3.8) is 0 Å². The molecule has 0 atom stereocenters. The van der Waals surface area contributed by atoms with Crippen molar-refractivity contribution in [1.29, 1.82) is 0 Å². The molecular weight excluding hydrogens is 960 g/mol. The van der Waals surface area contributed by atoms with Crippen LogP contribution in [0.2, 0.25) is 0 Å². The number of carbonyl (C=O) groups excluding carboxylic acids is 1. The van der Waals surface area contributed by atoms with Crippen molar-refractivity contribution in [3.05, 3.63) is 96.8 Å². The van der Waals surface area contributed by atoms with Crippen molar-refractivity contribution in [2.75, 3.05) is 34.4 Å². The van der Waals surface area contributed by atoms with Crippen LogP contribution in [0, 0.1) is 0 Å². The number of fused-ring (bicyclic) bond motifs is 2. The van der Waals surface area contributed by atoms with E-state index >= 15 is 0 Å². The highest BCUT2D eigenvalue weighted by molar-refractivity contribution is 9.09. The first-order valence-corrected chi connectivity index (χ1v) is 23.5. The first kappa shape index (κ1) is 46.6. The predicted molar refractivity (Wildman–Crippen MR) is 257 cm³/mol. The van der Waals surface area contributed by atoms with E-state index in [1.54, 1.807) is 34.2 Å². The lowest BCUT2D eigenvalue weighted by Crippen LogP contribution is -2.33. The zero-order chi connectivity index (χ0) is 45.6. The largest absolute Gasteiger partial charge is 0.444 e. The van der Waals surface area contributed by atoms with Crippen LogP contribution in [-0.4, -0.2) is 105 Å². The molecule has 6 aromatic heterocycles. The van der Waals surface area contributed by atoms with Crippen LogP contribution < -0.4 is 21.7 Å². The Morgan fingerprint density at radius 1 is 0.677 bits per heavy atom. The molecule has 0 spiro atoms. The number of aryl methyl sites for hydroxylation is 4. The summed E-state index contributed by atoms with van der Waals surface area (Å²) >= 11 is 6.93. The number of unbranched alkanes of at least 4 members (excludes halogenated alkanes) is 2. The zero-order valence-corrected chi connectivity index (χ0v) is 39.7. The number of carbonyl (C=O) groups is 1. The van der Waals surface area contributed by atoms with Crippen LogP contribution in [0.3, 0.4) is 0 Å². The van der Waals surface area contributed by atoms with Crippen molar-refractivity contribution < 1.29 is 9.53 Å². The Morgan fingerprint density at radius 3 is 1.60 bits per heavy atom. The van der Waals surface area contributed by atoms with E-state index in [0.717, 1.165) is 85.0 Å². The zero-order valence-electron chi connectivity index (χ0n) is 36.5. The maximum absolute atomic E-state index is 11.7. The summed E-state index contributed by atoms with van der Waals surface area (Å²) in [6, 6.07) is 16.3. The number of hydrogen-bond acceptors (Lipinski definition) is 15. The molecule has 2 aromatic carbocycles. The minimum absolute atomic E-state index is 0.394. The molecule has 6 heterocycles. The van der Waals surface area contributed by atoms with Crippen LogP contribution >= 0.6 is 31.9 Å². The van der Waals surface area contributed by atoms with Crippen molar-refractivity contribution in [3.8, 4) is 11.4 Å². The van der Waals surface area contributed by atoms with Crippen LogP contribution in [-0.2, 0) is 30.7 Å². The molecule has 0 unspecified atom stereocenters. The molecule has 0 fully saturated rings. The number of amides is 1. The lowest BCUT2D eigenvalue weighted by molar-refractivity contribution is 0.0527. The Hall–Kier alpha value is -6.39. The van der Waals surface area contributed by atoms with Gasteiger partial charge in [-0.3, -0.25) is 9.36 Å². The maximum Gasteiger partial charge on any atom is 0.407 e. The molecule has 0 aliphatic carbocycles. The number of nitrogens with two attached hydrogens (primary N) is 1. The summed E-state index contributed by atoms with van der Waals surface area (Å²) < 4.78 is 12.4. The number of ether oxygens (including phenoxy) is 1. The number of nitrogens with zero attached hydrogens (tertiary/aromatic N) is 14. The van der Waals surface area contributed by atoms with Gasteiger partial charge in [-0.05, 0) is 101 Å². The lowest BCUT2D eigenvalue weighted by Gasteiger charge is -2.19. The Labute approximate surface area is 392 Å². The first-order chi connectivity index (χ1) is 31.6. The Morgan fingerprint density at radius 2 is 1.15 bits per heavy atom. The molecule has 0 aliphatic rings. The molecular formula is C43H52Br2N18O2. The minimum Gasteiger partial charge on any atom is -0.444 e. The van der Waals surface area contributed by atoms with Gasteiger partial charge in [0.1, 0.15) is 5.60 Å². The van der Waals surface area contributed by atoms with Gasteiger partial charge in [-0.2, -0.15) is 19.6 Å². The third-order valence-corrected chi connectivity index (χ3v) is 10.4. The van der Waals surface area contributed by atoms with Gasteiger partial charge >= 0.3 is 6.09 Å². The summed E-state index contributed by atoms with van der Waals surface area (Å²) in [4.78, 5) is 29.8. The predicted octanol–water partition coefficient (Wildman–Crippen LogP) is 7.22. The van der Waals surface area contributed by atoms with E-state index in [9.17, 15) is 4.79 Å². The fourth-order valence-electron chi connectivity index (χ4n) is 6.44. The van der Waals surface area contributed by atoms with E-state index in [0.29, 0.717) is 47.3 Å². The van der Waals surface area contributed by atoms with Gasteiger partial charge in [-0.25, -0.2) is 24.7 Å². The van der Waals surface area contributed by atoms with E-state index in [4.69, 9.17) is 10.5 Å². The van der Waals surface area contributed by atoms with Gasteiger partial charge in [-0.15, -0.1) is 10.2 Å². The summed E-state index contributed by atoms with van der Waals surface area (Å²) in [5.41, 5.74) is 13.1. The number of halogens is 2. The van der Waals surface area contributed by atoms with Crippen molar-refractivity contribution in [2.24, 2.45) is 5.73 Å². The number of alkyl halides is 2. The van der Waals surface area contributed by atoms with Gasteiger partial charge in [0.25, 0.3) is 0 Å². The Kier molecular flexibility index (Phi) is 16.1. The summed E-state index contributed by atoms with van der Waals surface area (Å²) in [6.45, 7) is 8.34. The Bertz CT molecular complexity index is 2740. The van der Waals surface area contributed by atoms with Gasteiger partial charge in [-0.1, -0.05) is 66.6 Å². The number of hydrogen-bond donors (Lipinski definition) is 4. The first-order valence-electron chi connectivity index (χ1n) is 21.3. The van der Waals surface area contributed by atoms with Crippen LogP contribution in [0.4, 0.5) is 27.8 Å². The van der Waals surface area contributed by atoms with Crippen molar-refractivity contribution >= 4 is 83.6 Å². The van der Waals surface area contributed by atoms with Crippen molar-refractivity contribution in [2.45, 2.75) is 78.0 Å². The number of alkyl carbamates (subject to hydrolysis) is 1. The molecule has 0 saturated carbocycles. The fraction of sp³-hybridized carbons (Fsp3) is 0.372. The summed E-state index contributed by atoms with van der Waals surface area (Å²) in [7, 11) is 0. The molecule has 0 bridgehead atoms. The third-order valence-electron chi connectivity index (χ3n) is 9.59. The maximum atomic E-state index is 11.7. The van der Waals surface area contributed by atoms with Crippen LogP contribution in [0.5, 0.6) is 0 Å². The van der Waals surface area contributed by atoms with E-state index in [-0.39, 0.29) is 0 Å². The summed E-state index contributed by atoms with van der Waals surface area (Å²) in [6.07, 6.45) is 15.8. The van der Waals surface area contributed by atoms with Gasteiger partial charge in [0, 0.05) is 42.7 Å². The van der Waals surface area contributed by atoms with E-state index in [2.05, 4.69) is 123 Å². The van der Waals surface area contributed by atoms with E-state index in [1.165, 1.54) is 11.1 Å². The van der Waals surface area contributed by atoms with Gasteiger partial charge in [0.15, 0.2) is 11.6 Å². The number of nitrogens with one attached hydrogen (secondary N) is 3. The summed E-state index contributed by atoms with van der Waals surface area (Å²) in [5.74, 6) is 1.18. The molecule has 22 heteroatoms. The van der Waals surface area contributed by atoms with Gasteiger partial charge in [0.05, 0.1) is 47.5 Å². The standard InChI is InChI=1S/C24H30BrN9O2.C19H22BrN9/c1-24(2,3)36-23(35)26-12-4-5-13-33-16-18(14-28-33)29-20-15-27-21-22(30-20)34(32-31-21)19-8-6-17(7-9-19)10-11-25;20-8-7-14-3-5-16(6-4-14)29-19-18(26-27-29)22-12-17(25-19)24-15-11-23-28(13-15)10-2-1-9-21/h6-9,14-16H,4-5,10-13H2,1-3H3,(H,26,35)(H,29,30);3-6,11-13H,1-2,7-10,21H2,(H,24,25). The third kappa shape index (κ3) is 13.3. The molecule has 340 valence electrons. The number of aromatic nitrogens is 14. The van der Waals surface area contributed by atoms with Crippen LogP contribution in [0.15, 0.2) is 85.7 Å². The molecule has 20 nitrogen and oxygen atoms in total. The number of rotatable bonds is 19. The number of benzene rings is 2. The van der Waals surface area contributed by atoms with Gasteiger partial charge < -0.3 is 26.4 Å². The molecule has 8 aromatic rings. The second-order valence-corrected chi connectivity index (χ2v) is 17.5. The highest BCUT2D eigenvalue weighted by atomic mass is 79.9. The van der Waals surface area contributed by atoms with Crippen molar-refractivity contribution in [1.82, 2.24) is 74.8 Å². The smallest absolute Gasteiger partial charge is 0.407 e. The molecule has 5 N–H and O–H groups in total. The van der Waals surface area contributed by atoms with Gasteiger partial charge in [0.2, 0.25) is 22.6 Å². The molecule has 1 amide bonds. The number of anilines is 4. The summed E-state index contributed by atoms with van der Waals surface area (Å²) in [5, 5.41) is 36.6. The molecule has 0 radical (unpaired) electrons. The monoisotopic (exact) mass is 1010 g/mol. The second-order valence-electron chi connectivity index (χ2n) is 15.9. The quantitative estimate of drug-likeness (QED) is 0.0462. The average Bonchev–Trinajstić information content (AvgIpc) is 4.12. The Balaban J connectivity index is 0.000000198. The topological polar surface area (TPSA) is 237 Å². The fourth-order valence-corrected chi connectivity index (χ4v) is 7.36. The van der Waals surface area contributed by atoms with Crippen LogP contribution in [0.25, 0.3) is 34.0 Å². The average molecular weight is 1010 g/mol. The van der Waals surface area contributed by atoms with E-state index in [1.807, 2.05) is 66.8 Å². The highest BCUT2D eigenvalue weighted by Crippen LogP contribution is 2.21. The minimum atomic E-state index is -0.494. The molecule has 0 aliphatic heterocycles. The molecule has 65 heavy (non-hydrogen) atoms. The van der Waals surface area contributed by atoms with E-state index < -0.39 is 11.7 Å². The normalized spacial score (nSPS) is 11.4. The SMILES string of the molecule is CC(C)(C)OC(=O)NCCCCn1cc(Nc2cnc3nnn(-c4ccc(CCBr)cc4)c3n2)cn1.NCCCCn1cc(Nc2cnc3nnn(-c4ccc(CCBr)cc4)c3n2)cn1. The van der Waals surface area contributed by atoms with Crippen LogP contribution in [0.1, 0.15) is 57.6 Å². The molecule has 0 saturated heterocycles. The lowest BCUT2D eigenvalue weighted by atomic mass is 10.1.